The summed E-state index contributed by atoms with van der Waals surface area (Å²) in [6, 6.07) is 13.3. The molecule has 0 spiro atoms. The van der Waals surface area contributed by atoms with Gasteiger partial charge < -0.3 is 20.5 Å². The predicted octanol–water partition coefficient (Wildman–Crippen LogP) is 4.02. The van der Waals surface area contributed by atoms with E-state index < -0.39 is 6.04 Å². The number of amides is 1. The van der Waals surface area contributed by atoms with Crippen molar-refractivity contribution in [2.75, 3.05) is 32.1 Å². The van der Waals surface area contributed by atoms with Gasteiger partial charge in [-0.2, -0.15) is 0 Å². The number of nitrogens with one attached hydrogen (secondary N) is 1. The molecule has 1 aromatic heterocycles. The summed E-state index contributed by atoms with van der Waals surface area (Å²) in [4.78, 5) is 20.9. The predicted molar refractivity (Wildman–Crippen MR) is 124 cm³/mol. The first-order chi connectivity index (χ1) is 14.3. The second kappa shape index (κ2) is 8.42. The molecule has 158 valence electrons. The number of aromatic amines is 1. The van der Waals surface area contributed by atoms with E-state index in [2.05, 4.69) is 30.0 Å². The second-order valence-electron chi connectivity index (χ2n) is 8.66. The number of rotatable bonds is 5. The van der Waals surface area contributed by atoms with Crippen molar-refractivity contribution in [3.63, 3.8) is 0 Å². The molecule has 0 saturated carbocycles. The van der Waals surface area contributed by atoms with Crippen molar-refractivity contribution in [2.24, 2.45) is 11.7 Å². The lowest BCUT2D eigenvalue weighted by Crippen LogP contribution is -2.51. The van der Waals surface area contributed by atoms with Gasteiger partial charge in [0.1, 0.15) is 0 Å². The molecule has 0 saturated heterocycles. The molecule has 2 heterocycles. The number of benzene rings is 2. The van der Waals surface area contributed by atoms with Gasteiger partial charge in [0.05, 0.1) is 6.04 Å². The van der Waals surface area contributed by atoms with Gasteiger partial charge in [-0.15, -0.1) is 0 Å². The molecule has 5 nitrogen and oxygen atoms in total. The summed E-state index contributed by atoms with van der Waals surface area (Å²) in [5, 5.41) is 1.81. The third-order valence-electron chi connectivity index (χ3n) is 6.11. The molecular weight excluding hydrogens is 396 g/mol. The normalized spacial score (nSPS) is 18.5. The van der Waals surface area contributed by atoms with Crippen LogP contribution >= 0.6 is 11.6 Å². The number of hydrogen-bond acceptors (Lipinski definition) is 3. The number of aromatic nitrogens is 1. The fourth-order valence-corrected chi connectivity index (χ4v) is 4.81. The first-order valence-electron chi connectivity index (χ1n) is 10.4. The number of carbonyl (C=O) groups is 1. The lowest BCUT2D eigenvalue weighted by molar-refractivity contribution is -0.120. The van der Waals surface area contributed by atoms with E-state index in [0.717, 1.165) is 40.7 Å². The van der Waals surface area contributed by atoms with Gasteiger partial charge in [0.15, 0.2) is 0 Å². The van der Waals surface area contributed by atoms with E-state index >= 15 is 0 Å². The molecule has 6 heteroatoms. The van der Waals surface area contributed by atoms with Gasteiger partial charge in [0.2, 0.25) is 5.91 Å². The van der Waals surface area contributed by atoms with Gasteiger partial charge >= 0.3 is 0 Å². The molecule has 30 heavy (non-hydrogen) atoms. The van der Waals surface area contributed by atoms with Crippen molar-refractivity contribution in [1.82, 2.24) is 9.88 Å². The summed E-state index contributed by atoms with van der Waals surface area (Å²) in [7, 11) is 4.12. The third-order valence-corrected chi connectivity index (χ3v) is 6.34. The molecule has 1 aliphatic heterocycles. The topological polar surface area (TPSA) is 65.4 Å². The molecule has 0 unspecified atom stereocenters. The number of para-hydroxylation sites is 1. The number of nitrogens with two attached hydrogens (primary N) is 1. The highest BCUT2D eigenvalue weighted by atomic mass is 35.5. The molecule has 0 aliphatic carbocycles. The number of anilines is 1. The number of halogens is 1. The Morgan fingerprint density at radius 2 is 2.07 bits per heavy atom. The Morgan fingerprint density at radius 3 is 2.83 bits per heavy atom. The Balaban J connectivity index is 1.63. The summed E-state index contributed by atoms with van der Waals surface area (Å²) in [6.07, 6.45) is 2.88. The van der Waals surface area contributed by atoms with Crippen LogP contribution in [-0.2, 0) is 11.2 Å². The van der Waals surface area contributed by atoms with E-state index in [-0.39, 0.29) is 11.8 Å². The van der Waals surface area contributed by atoms with E-state index in [1.165, 1.54) is 0 Å². The Labute approximate surface area is 182 Å². The van der Waals surface area contributed by atoms with Gasteiger partial charge in [-0.05, 0) is 61.8 Å². The van der Waals surface area contributed by atoms with Crippen LogP contribution in [0.3, 0.4) is 0 Å². The Hall–Kier alpha value is -2.34. The van der Waals surface area contributed by atoms with Crippen molar-refractivity contribution < 1.29 is 4.79 Å². The van der Waals surface area contributed by atoms with Crippen LogP contribution in [0.5, 0.6) is 0 Å². The minimum atomic E-state index is -0.633. The van der Waals surface area contributed by atoms with Crippen molar-refractivity contribution in [1.29, 1.82) is 0 Å². The van der Waals surface area contributed by atoms with Crippen LogP contribution in [0.4, 0.5) is 5.69 Å². The zero-order valence-corrected chi connectivity index (χ0v) is 18.5. The SMILES string of the molecule is C[C@@H](c1c[nH]c2ccccc12)[C@@H](N)C(=O)N1C[C@@H](CN(C)C)Cc2cc(Cl)ccc21. The van der Waals surface area contributed by atoms with Gasteiger partial charge in [0.25, 0.3) is 0 Å². The van der Waals surface area contributed by atoms with Crippen molar-refractivity contribution in [2.45, 2.75) is 25.3 Å². The highest BCUT2D eigenvalue weighted by Gasteiger charge is 2.34. The smallest absolute Gasteiger partial charge is 0.244 e. The standard InChI is InChI=1S/C24H29ClN4O/c1-15(20-12-27-21-7-5-4-6-19(20)21)23(26)24(30)29-14-16(13-28(2)3)10-17-11-18(25)8-9-22(17)29/h4-9,11-12,15-16,23,27H,10,13-14,26H2,1-3H3/t15-,16+,23+/m0/s1. The number of carbonyl (C=O) groups excluding carboxylic acids is 1. The maximum Gasteiger partial charge on any atom is 0.244 e. The molecule has 0 fully saturated rings. The van der Waals surface area contributed by atoms with Crippen LogP contribution in [0, 0.1) is 5.92 Å². The van der Waals surface area contributed by atoms with Crippen molar-refractivity contribution in [3.8, 4) is 0 Å². The average Bonchev–Trinajstić information content (AvgIpc) is 3.15. The van der Waals surface area contributed by atoms with Crippen LogP contribution in [0.25, 0.3) is 10.9 Å². The molecule has 3 aromatic rings. The highest BCUT2D eigenvalue weighted by Crippen LogP contribution is 2.34. The average molecular weight is 425 g/mol. The highest BCUT2D eigenvalue weighted by molar-refractivity contribution is 6.30. The van der Waals surface area contributed by atoms with Crippen LogP contribution in [0.1, 0.15) is 24.0 Å². The molecule has 3 atom stereocenters. The molecule has 1 amide bonds. The van der Waals surface area contributed by atoms with Crippen LogP contribution in [-0.4, -0.2) is 49.0 Å². The monoisotopic (exact) mass is 424 g/mol. The lowest BCUT2D eigenvalue weighted by atomic mass is 9.89. The zero-order valence-electron chi connectivity index (χ0n) is 17.7. The van der Waals surface area contributed by atoms with Crippen LogP contribution in [0.15, 0.2) is 48.7 Å². The summed E-state index contributed by atoms with van der Waals surface area (Å²) >= 11 is 6.25. The number of hydrogen-bond donors (Lipinski definition) is 2. The first kappa shape index (κ1) is 20.9. The molecule has 2 aromatic carbocycles. The number of H-pyrrole nitrogens is 1. The number of fused-ring (bicyclic) bond motifs is 2. The van der Waals surface area contributed by atoms with Crippen LogP contribution in [0.2, 0.25) is 5.02 Å². The van der Waals surface area contributed by atoms with E-state index in [1.54, 1.807) is 0 Å². The van der Waals surface area contributed by atoms with E-state index in [1.807, 2.05) is 54.4 Å². The largest absolute Gasteiger partial charge is 0.361 e. The Bertz CT molecular complexity index is 1060. The third kappa shape index (κ3) is 3.97. The van der Waals surface area contributed by atoms with Crippen LogP contribution < -0.4 is 10.6 Å². The van der Waals surface area contributed by atoms with Crippen molar-refractivity contribution in [3.05, 3.63) is 64.8 Å². The Morgan fingerprint density at radius 1 is 1.30 bits per heavy atom. The fourth-order valence-electron chi connectivity index (χ4n) is 4.62. The fraction of sp³-hybridized carbons (Fsp3) is 0.375. The molecule has 4 rings (SSSR count). The van der Waals surface area contributed by atoms with Gasteiger partial charge in [-0.3, -0.25) is 4.79 Å². The quantitative estimate of drug-likeness (QED) is 0.650. The minimum absolute atomic E-state index is 0.0418. The summed E-state index contributed by atoms with van der Waals surface area (Å²) in [5.41, 5.74) is 10.7. The minimum Gasteiger partial charge on any atom is -0.361 e. The van der Waals surface area contributed by atoms with Crippen molar-refractivity contribution >= 4 is 34.1 Å². The maximum absolute atomic E-state index is 13.6. The van der Waals surface area contributed by atoms with Gasteiger partial charge in [-0.1, -0.05) is 36.7 Å². The second-order valence-corrected chi connectivity index (χ2v) is 9.09. The summed E-state index contributed by atoms with van der Waals surface area (Å²) in [6.45, 7) is 3.60. The summed E-state index contributed by atoms with van der Waals surface area (Å²) in [5.74, 6) is 0.184. The zero-order chi connectivity index (χ0) is 21.4. The first-order valence-corrected chi connectivity index (χ1v) is 10.8. The number of nitrogens with zero attached hydrogens (tertiary/aromatic N) is 2. The van der Waals surface area contributed by atoms with E-state index in [0.29, 0.717) is 17.5 Å². The summed E-state index contributed by atoms with van der Waals surface area (Å²) < 4.78 is 0. The van der Waals surface area contributed by atoms with E-state index in [4.69, 9.17) is 17.3 Å². The maximum atomic E-state index is 13.6. The molecule has 0 radical (unpaired) electrons. The van der Waals surface area contributed by atoms with E-state index in [9.17, 15) is 4.79 Å². The van der Waals surface area contributed by atoms with Gasteiger partial charge in [-0.25, -0.2) is 0 Å². The Kier molecular flexibility index (Phi) is 5.87. The molecule has 1 aliphatic rings. The molecule has 0 bridgehead atoms. The molecule has 3 N–H and O–H groups in total. The lowest BCUT2D eigenvalue weighted by Gasteiger charge is -2.38. The van der Waals surface area contributed by atoms with Gasteiger partial charge in [0, 0.05) is 46.8 Å². The molecular formula is C24H29ClN4O.